The van der Waals surface area contributed by atoms with Crippen LogP contribution in [-0.4, -0.2) is 28.1 Å². The van der Waals surface area contributed by atoms with E-state index >= 15 is 0 Å². The quantitative estimate of drug-likeness (QED) is 0.683. The molecule has 0 saturated heterocycles. The van der Waals surface area contributed by atoms with E-state index in [0.29, 0.717) is 12.6 Å². The minimum absolute atomic E-state index is 0.0845. The summed E-state index contributed by atoms with van der Waals surface area (Å²) >= 11 is 0. The monoisotopic (exact) mass is 424 g/mol. The normalized spacial score (nSPS) is 12.5. The number of nitrogens with zero attached hydrogens (tertiary/aromatic N) is 3. The molecule has 0 bridgehead atoms. The predicted molar refractivity (Wildman–Crippen MR) is 110 cm³/mol. The van der Waals surface area contributed by atoms with Crippen LogP contribution >= 0.6 is 0 Å². The molecule has 0 saturated carbocycles. The van der Waals surface area contributed by atoms with Crippen molar-refractivity contribution in [2.45, 2.75) is 19.4 Å². The van der Waals surface area contributed by atoms with Gasteiger partial charge in [-0.2, -0.15) is 5.10 Å². The molecular formula is C22H18F2N4O3. The molecule has 2 aromatic carbocycles. The second-order valence-corrected chi connectivity index (χ2v) is 7.04. The molecule has 4 rings (SSSR count). The van der Waals surface area contributed by atoms with Crippen molar-refractivity contribution in [3.63, 3.8) is 0 Å². The Labute approximate surface area is 175 Å². The molecule has 0 radical (unpaired) electrons. The summed E-state index contributed by atoms with van der Waals surface area (Å²) in [5.41, 5.74) is 1.32. The third-order valence-corrected chi connectivity index (χ3v) is 4.97. The molecule has 31 heavy (non-hydrogen) atoms. The molecule has 1 aliphatic rings. The van der Waals surface area contributed by atoms with E-state index in [1.54, 1.807) is 4.90 Å². The van der Waals surface area contributed by atoms with Crippen molar-refractivity contribution in [1.29, 1.82) is 0 Å². The van der Waals surface area contributed by atoms with Gasteiger partial charge in [0.05, 0.1) is 12.2 Å². The Bertz CT molecular complexity index is 1230. The van der Waals surface area contributed by atoms with Gasteiger partial charge in [-0.15, -0.1) is 0 Å². The Morgan fingerprint density at radius 2 is 1.87 bits per heavy atom. The summed E-state index contributed by atoms with van der Waals surface area (Å²) in [4.78, 5) is 38.7. The topological polar surface area (TPSA) is 84.3 Å². The number of aryl methyl sites for hydroxylation is 1. The Kier molecular flexibility index (Phi) is 5.57. The first-order chi connectivity index (χ1) is 14.9. The van der Waals surface area contributed by atoms with Gasteiger partial charge in [0.2, 0.25) is 5.91 Å². The standard InChI is InChI=1S/C22H18F2N4O3/c23-15-5-6-17(16(24)13-15)25-20(29)10-12-28-21(30)8-7-18(26-28)22(31)27-11-9-14-3-1-2-4-19(14)27/h1-8,13H,9-12H2,(H,25,29). The van der Waals surface area contributed by atoms with Crippen molar-refractivity contribution in [1.82, 2.24) is 9.78 Å². The average molecular weight is 424 g/mol. The number of carbonyl (C=O) groups excluding carboxylic acids is 2. The fourth-order valence-electron chi connectivity index (χ4n) is 3.42. The lowest BCUT2D eigenvalue weighted by atomic mass is 10.2. The number of halogens is 2. The van der Waals surface area contributed by atoms with E-state index in [4.69, 9.17) is 0 Å². The van der Waals surface area contributed by atoms with Crippen molar-refractivity contribution < 1.29 is 18.4 Å². The van der Waals surface area contributed by atoms with Crippen LogP contribution in [-0.2, 0) is 17.8 Å². The fraction of sp³-hybridized carbons (Fsp3) is 0.182. The zero-order chi connectivity index (χ0) is 22.0. The largest absolute Gasteiger partial charge is 0.324 e. The smallest absolute Gasteiger partial charge is 0.278 e. The molecule has 0 spiro atoms. The van der Waals surface area contributed by atoms with E-state index < -0.39 is 23.1 Å². The van der Waals surface area contributed by atoms with E-state index in [9.17, 15) is 23.2 Å². The maximum absolute atomic E-state index is 13.7. The maximum atomic E-state index is 13.7. The number of amides is 2. The minimum atomic E-state index is -0.901. The lowest BCUT2D eigenvalue weighted by Crippen LogP contribution is -2.33. The molecule has 1 aliphatic heterocycles. The lowest BCUT2D eigenvalue weighted by molar-refractivity contribution is -0.116. The van der Waals surface area contributed by atoms with Crippen molar-refractivity contribution in [3.8, 4) is 0 Å². The molecule has 1 N–H and O–H groups in total. The molecule has 1 aromatic heterocycles. The maximum Gasteiger partial charge on any atom is 0.278 e. The summed E-state index contributed by atoms with van der Waals surface area (Å²) in [7, 11) is 0. The molecule has 3 aromatic rings. The number of aromatic nitrogens is 2. The van der Waals surface area contributed by atoms with Crippen LogP contribution in [0.2, 0.25) is 0 Å². The van der Waals surface area contributed by atoms with Crippen LogP contribution in [0.3, 0.4) is 0 Å². The zero-order valence-corrected chi connectivity index (χ0v) is 16.3. The predicted octanol–water partition coefficient (Wildman–Crippen LogP) is 2.75. The third kappa shape index (κ3) is 4.35. The lowest BCUT2D eigenvalue weighted by Gasteiger charge is -2.17. The number of para-hydroxylation sites is 1. The van der Waals surface area contributed by atoms with Gasteiger partial charge in [-0.1, -0.05) is 18.2 Å². The number of hydrogen-bond acceptors (Lipinski definition) is 4. The summed E-state index contributed by atoms with van der Waals surface area (Å²) in [6, 6.07) is 12.9. The summed E-state index contributed by atoms with van der Waals surface area (Å²) < 4.78 is 27.7. The highest BCUT2D eigenvalue weighted by molar-refractivity contribution is 6.05. The highest BCUT2D eigenvalue weighted by Gasteiger charge is 2.26. The SMILES string of the molecule is O=C(CCn1nc(C(=O)N2CCc3ccccc32)ccc1=O)Nc1ccc(F)cc1F. The summed E-state index contributed by atoms with van der Waals surface area (Å²) in [5, 5.41) is 6.43. The molecule has 0 unspecified atom stereocenters. The third-order valence-electron chi connectivity index (χ3n) is 4.97. The van der Waals surface area contributed by atoms with Crippen LogP contribution in [0.5, 0.6) is 0 Å². The van der Waals surface area contributed by atoms with E-state index in [2.05, 4.69) is 10.4 Å². The first-order valence-corrected chi connectivity index (χ1v) is 9.65. The molecule has 7 nitrogen and oxygen atoms in total. The average Bonchev–Trinajstić information content (AvgIpc) is 3.19. The van der Waals surface area contributed by atoms with E-state index in [1.165, 1.54) is 12.1 Å². The molecule has 0 atom stereocenters. The van der Waals surface area contributed by atoms with E-state index in [1.807, 2.05) is 24.3 Å². The second kappa shape index (κ2) is 8.47. The molecule has 158 valence electrons. The van der Waals surface area contributed by atoms with Gasteiger partial charge in [-0.25, -0.2) is 13.5 Å². The Balaban J connectivity index is 1.45. The summed E-state index contributed by atoms with van der Waals surface area (Å²) in [6.07, 6.45) is 0.551. The highest BCUT2D eigenvalue weighted by atomic mass is 19.1. The molecule has 0 fully saturated rings. The molecule has 9 heteroatoms. The van der Waals surface area contributed by atoms with Crippen molar-refractivity contribution in [2.24, 2.45) is 0 Å². The van der Waals surface area contributed by atoms with Gasteiger partial charge in [0, 0.05) is 30.8 Å². The number of rotatable bonds is 5. The molecule has 2 heterocycles. The van der Waals surface area contributed by atoms with Crippen LogP contribution in [0.25, 0.3) is 0 Å². The summed E-state index contributed by atoms with van der Waals surface area (Å²) in [5.74, 6) is -2.57. The Morgan fingerprint density at radius 1 is 1.06 bits per heavy atom. The van der Waals surface area contributed by atoms with Gasteiger partial charge >= 0.3 is 0 Å². The van der Waals surface area contributed by atoms with Crippen molar-refractivity contribution >= 4 is 23.2 Å². The van der Waals surface area contributed by atoms with Gasteiger partial charge in [0.1, 0.15) is 17.3 Å². The number of carbonyl (C=O) groups is 2. The first-order valence-electron chi connectivity index (χ1n) is 9.65. The number of benzene rings is 2. The van der Waals surface area contributed by atoms with Crippen molar-refractivity contribution in [3.05, 3.63) is 87.8 Å². The van der Waals surface area contributed by atoms with E-state index in [0.717, 1.165) is 34.5 Å². The van der Waals surface area contributed by atoms with Crippen molar-refractivity contribution in [2.75, 3.05) is 16.8 Å². The van der Waals surface area contributed by atoms with Crippen LogP contribution in [0, 0.1) is 11.6 Å². The van der Waals surface area contributed by atoms with Gasteiger partial charge in [0.25, 0.3) is 11.5 Å². The zero-order valence-electron chi connectivity index (χ0n) is 16.3. The van der Waals surface area contributed by atoms with Gasteiger partial charge in [-0.05, 0) is 36.2 Å². The number of hydrogen-bond donors (Lipinski definition) is 1. The molecule has 0 aliphatic carbocycles. The van der Waals surface area contributed by atoms with Crippen LogP contribution in [0.15, 0.2) is 59.4 Å². The Morgan fingerprint density at radius 3 is 2.68 bits per heavy atom. The molecular weight excluding hydrogens is 406 g/mol. The van der Waals surface area contributed by atoms with Crippen LogP contribution in [0.1, 0.15) is 22.5 Å². The number of fused-ring (bicyclic) bond motifs is 1. The van der Waals surface area contributed by atoms with Crippen LogP contribution < -0.4 is 15.8 Å². The number of anilines is 2. The Hall–Kier alpha value is -3.88. The van der Waals surface area contributed by atoms with E-state index in [-0.39, 0.29) is 30.3 Å². The fourth-order valence-corrected chi connectivity index (χ4v) is 3.42. The van der Waals surface area contributed by atoms with Gasteiger partial charge in [-0.3, -0.25) is 14.4 Å². The van der Waals surface area contributed by atoms with Gasteiger partial charge in [0.15, 0.2) is 0 Å². The van der Waals surface area contributed by atoms with Crippen LogP contribution in [0.4, 0.5) is 20.2 Å². The van der Waals surface area contributed by atoms with Gasteiger partial charge < -0.3 is 10.2 Å². The minimum Gasteiger partial charge on any atom is -0.324 e. The molecule has 2 amide bonds. The highest BCUT2D eigenvalue weighted by Crippen LogP contribution is 2.28. The first kappa shape index (κ1) is 20.4. The summed E-state index contributed by atoms with van der Waals surface area (Å²) in [6.45, 7) is 0.413. The second-order valence-electron chi connectivity index (χ2n) is 7.04. The number of nitrogens with one attached hydrogen (secondary N) is 1.